The van der Waals surface area contributed by atoms with E-state index in [0.29, 0.717) is 6.42 Å². The molecular formula is C10H19LiO4. The van der Waals surface area contributed by atoms with Crippen LogP contribution in [-0.4, -0.2) is 22.2 Å². The second-order valence-corrected chi connectivity index (χ2v) is 3.84. The van der Waals surface area contributed by atoms with Gasteiger partial charge in [0.05, 0.1) is 0 Å². The number of unbranched alkanes of at least 4 members (excludes halogenated alkanes) is 1. The van der Waals surface area contributed by atoms with Gasteiger partial charge in [-0.25, -0.2) is 0 Å². The Morgan fingerprint density at radius 1 is 1.27 bits per heavy atom. The summed E-state index contributed by atoms with van der Waals surface area (Å²) in [6, 6.07) is 0. The number of carboxylic acids is 2. The molecule has 0 aliphatic rings. The van der Waals surface area contributed by atoms with E-state index in [1.165, 1.54) is 0 Å². The van der Waals surface area contributed by atoms with Crippen LogP contribution in [0.25, 0.3) is 0 Å². The monoisotopic (exact) mass is 210 g/mol. The molecule has 0 unspecified atom stereocenters. The van der Waals surface area contributed by atoms with Crippen LogP contribution >= 0.6 is 0 Å². The Labute approximate surface area is 104 Å². The van der Waals surface area contributed by atoms with E-state index in [1.807, 2.05) is 6.92 Å². The Kier molecular flexibility index (Phi) is 7.82. The average molecular weight is 210 g/mol. The van der Waals surface area contributed by atoms with Crippen molar-refractivity contribution < 1.29 is 40.1 Å². The molecule has 0 bridgehead atoms. The standard InChI is InChI=1S/C10H18O4.Li.H/c1-4-5-6-10(7(2)3,8(11)12)9(13)14;;/h7H,4-6H2,1-3H3,(H,11,12)(H,13,14);;/q;+1;-1. The summed E-state index contributed by atoms with van der Waals surface area (Å²) >= 11 is 0. The van der Waals surface area contributed by atoms with Gasteiger partial charge in [0.1, 0.15) is 0 Å². The molecule has 0 saturated heterocycles. The average Bonchev–Trinajstić information content (AvgIpc) is 2.03. The molecule has 0 heterocycles. The van der Waals surface area contributed by atoms with Crippen molar-refractivity contribution in [1.82, 2.24) is 0 Å². The molecule has 4 nitrogen and oxygen atoms in total. The third kappa shape index (κ3) is 3.55. The smallest absolute Gasteiger partial charge is 1.00 e. The largest absolute Gasteiger partial charge is 1.00 e. The normalized spacial score (nSPS) is 10.9. The van der Waals surface area contributed by atoms with Gasteiger partial charge in [-0.1, -0.05) is 33.6 Å². The van der Waals surface area contributed by atoms with Crippen molar-refractivity contribution in [2.24, 2.45) is 11.3 Å². The first kappa shape index (κ1) is 16.9. The van der Waals surface area contributed by atoms with E-state index in [0.717, 1.165) is 6.42 Å². The van der Waals surface area contributed by atoms with Gasteiger partial charge in [-0.05, 0) is 12.3 Å². The molecule has 0 atom stereocenters. The maximum Gasteiger partial charge on any atom is 1.00 e. The van der Waals surface area contributed by atoms with Gasteiger partial charge in [-0.3, -0.25) is 9.59 Å². The summed E-state index contributed by atoms with van der Waals surface area (Å²) in [7, 11) is 0. The van der Waals surface area contributed by atoms with Crippen LogP contribution in [0.3, 0.4) is 0 Å². The zero-order valence-corrected chi connectivity index (χ0v) is 9.91. The quantitative estimate of drug-likeness (QED) is 0.440. The summed E-state index contributed by atoms with van der Waals surface area (Å²) in [4.78, 5) is 22.1. The maximum atomic E-state index is 11.0. The second-order valence-electron chi connectivity index (χ2n) is 3.84. The molecule has 0 rings (SSSR count). The zero-order chi connectivity index (χ0) is 11.4. The fourth-order valence-corrected chi connectivity index (χ4v) is 1.54. The van der Waals surface area contributed by atoms with E-state index < -0.39 is 23.3 Å². The van der Waals surface area contributed by atoms with Gasteiger partial charge in [-0.15, -0.1) is 0 Å². The van der Waals surface area contributed by atoms with E-state index >= 15 is 0 Å². The van der Waals surface area contributed by atoms with E-state index in [9.17, 15) is 9.59 Å². The van der Waals surface area contributed by atoms with Crippen LogP contribution in [0.5, 0.6) is 0 Å². The van der Waals surface area contributed by atoms with Crippen molar-refractivity contribution in [3.63, 3.8) is 0 Å². The van der Waals surface area contributed by atoms with Crippen LogP contribution in [0.4, 0.5) is 0 Å². The van der Waals surface area contributed by atoms with Gasteiger partial charge in [0.25, 0.3) is 0 Å². The second kappa shape index (κ2) is 6.92. The Hall–Kier alpha value is -0.463. The van der Waals surface area contributed by atoms with Crippen molar-refractivity contribution >= 4 is 11.9 Å². The summed E-state index contributed by atoms with van der Waals surface area (Å²) in [5, 5.41) is 18.0. The summed E-state index contributed by atoms with van der Waals surface area (Å²) in [5.74, 6) is -2.86. The van der Waals surface area contributed by atoms with Crippen LogP contribution in [0.15, 0.2) is 0 Å². The topological polar surface area (TPSA) is 74.6 Å². The van der Waals surface area contributed by atoms with Gasteiger partial charge in [0.15, 0.2) is 5.41 Å². The van der Waals surface area contributed by atoms with Crippen LogP contribution in [-0.2, 0) is 9.59 Å². The van der Waals surface area contributed by atoms with E-state index in [-0.39, 0.29) is 26.7 Å². The Bertz CT molecular complexity index is 217. The van der Waals surface area contributed by atoms with Crippen LogP contribution in [0.2, 0.25) is 0 Å². The molecule has 15 heavy (non-hydrogen) atoms. The predicted octanol–water partition coefficient (Wildman–Crippen LogP) is -0.895. The van der Waals surface area contributed by atoms with Crippen LogP contribution in [0, 0.1) is 11.3 Å². The molecule has 0 amide bonds. The Morgan fingerprint density at radius 2 is 1.67 bits per heavy atom. The summed E-state index contributed by atoms with van der Waals surface area (Å²) in [5.41, 5.74) is -1.62. The Balaban J connectivity index is -0.000000845. The molecule has 0 aliphatic carbocycles. The molecule has 0 fully saturated rings. The van der Waals surface area contributed by atoms with Crippen molar-refractivity contribution in [2.45, 2.75) is 40.0 Å². The molecule has 0 saturated carbocycles. The minimum absolute atomic E-state index is 0. The fraction of sp³-hybridized carbons (Fsp3) is 0.800. The van der Waals surface area contributed by atoms with E-state index in [2.05, 4.69) is 0 Å². The number of carbonyl (C=O) groups is 2. The number of rotatable bonds is 6. The molecule has 84 valence electrons. The van der Waals surface area contributed by atoms with Gasteiger partial charge < -0.3 is 11.6 Å². The summed E-state index contributed by atoms with van der Waals surface area (Å²) in [6.45, 7) is 5.19. The molecule has 2 N–H and O–H groups in total. The predicted molar refractivity (Wildman–Crippen MR) is 53.2 cm³/mol. The summed E-state index contributed by atoms with van der Waals surface area (Å²) < 4.78 is 0. The zero-order valence-electron chi connectivity index (χ0n) is 10.9. The molecule has 5 heteroatoms. The molecule has 0 radical (unpaired) electrons. The van der Waals surface area contributed by atoms with Gasteiger partial charge >= 0.3 is 30.8 Å². The number of aliphatic carboxylic acids is 2. The molecular weight excluding hydrogens is 191 g/mol. The molecule has 0 spiro atoms. The van der Waals surface area contributed by atoms with Crippen molar-refractivity contribution in [1.29, 1.82) is 0 Å². The molecule has 0 aromatic carbocycles. The van der Waals surface area contributed by atoms with E-state index in [4.69, 9.17) is 10.2 Å². The first-order valence-electron chi connectivity index (χ1n) is 4.86. The molecule has 0 aliphatic heterocycles. The number of hydrogen-bond donors (Lipinski definition) is 2. The first-order valence-corrected chi connectivity index (χ1v) is 4.86. The van der Waals surface area contributed by atoms with Crippen LogP contribution in [0.1, 0.15) is 41.5 Å². The van der Waals surface area contributed by atoms with Gasteiger partial charge in [0, 0.05) is 0 Å². The minimum Gasteiger partial charge on any atom is -1.00 e. The van der Waals surface area contributed by atoms with Crippen LogP contribution < -0.4 is 18.9 Å². The molecule has 0 aromatic heterocycles. The number of hydrogen-bond acceptors (Lipinski definition) is 2. The third-order valence-electron chi connectivity index (χ3n) is 2.67. The first-order chi connectivity index (χ1) is 6.39. The van der Waals surface area contributed by atoms with E-state index in [1.54, 1.807) is 13.8 Å². The fourth-order valence-electron chi connectivity index (χ4n) is 1.54. The maximum absolute atomic E-state index is 11.0. The Morgan fingerprint density at radius 3 is 1.87 bits per heavy atom. The summed E-state index contributed by atoms with van der Waals surface area (Å²) in [6.07, 6.45) is 1.62. The molecule has 0 aromatic rings. The number of carboxylic acid groups (broad SMARTS) is 2. The SMILES string of the molecule is CCCCC(C(=O)O)(C(=O)O)C(C)C.[H-].[Li+]. The van der Waals surface area contributed by atoms with Crippen molar-refractivity contribution in [3.8, 4) is 0 Å². The van der Waals surface area contributed by atoms with Crippen molar-refractivity contribution in [3.05, 3.63) is 0 Å². The minimum atomic E-state index is -1.62. The van der Waals surface area contributed by atoms with Gasteiger partial charge in [0.2, 0.25) is 0 Å². The van der Waals surface area contributed by atoms with Gasteiger partial charge in [-0.2, -0.15) is 0 Å². The van der Waals surface area contributed by atoms with Crippen molar-refractivity contribution in [2.75, 3.05) is 0 Å². The third-order valence-corrected chi connectivity index (χ3v) is 2.67.